The van der Waals surface area contributed by atoms with E-state index in [-0.39, 0.29) is 11.6 Å². The molecule has 0 spiro atoms. The summed E-state index contributed by atoms with van der Waals surface area (Å²) in [7, 11) is 0. The molecule has 1 aliphatic rings. The second kappa shape index (κ2) is 5.88. The molecule has 7 heteroatoms. The lowest BCUT2D eigenvalue weighted by Crippen LogP contribution is -2.37. The van der Waals surface area contributed by atoms with Gasteiger partial charge in [-0.1, -0.05) is 6.92 Å². The molecule has 0 aromatic heterocycles. The Morgan fingerprint density at radius 1 is 1.60 bits per heavy atom. The fraction of sp³-hybridized carbons (Fsp3) is 0.462. The highest BCUT2D eigenvalue weighted by Crippen LogP contribution is 2.33. The standard InChI is InChI=1S/C13H16BrN3O3/c1-2-13(5-6-15-8-13)12(18)16-11-7-9(17(19)20)3-4-10(11)14/h3-4,7,15H,2,5-6,8H2,1H3,(H,16,18). The maximum absolute atomic E-state index is 12.5. The molecule has 1 atom stereocenters. The summed E-state index contributed by atoms with van der Waals surface area (Å²) in [6.07, 6.45) is 1.51. The van der Waals surface area contributed by atoms with Crippen LogP contribution in [0.3, 0.4) is 0 Å². The molecule has 1 unspecified atom stereocenters. The molecule has 0 aliphatic carbocycles. The second-order valence-corrected chi connectivity index (χ2v) is 5.79. The van der Waals surface area contributed by atoms with Crippen LogP contribution in [0.25, 0.3) is 0 Å². The van der Waals surface area contributed by atoms with Crippen LogP contribution >= 0.6 is 15.9 Å². The Morgan fingerprint density at radius 3 is 2.90 bits per heavy atom. The minimum Gasteiger partial charge on any atom is -0.324 e. The summed E-state index contributed by atoms with van der Waals surface area (Å²) in [6, 6.07) is 4.33. The highest BCUT2D eigenvalue weighted by Gasteiger charge is 2.39. The van der Waals surface area contributed by atoms with Gasteiger partial charge >= 0.3 is 0 Å². The number of carbonyl (C=O) groups is 1. The highest BCUT2D eigenvalue weighted by atomic mass is 79.9. The molecular weight excluding hydrogens is 326 g/mol. The lowest BCUT2D eigenvalue weighted by atomic mass is 9.83. The first-order valence-electron chi connectivity index (χ1n) is 6.44. The Morgan fingerprint density at radius 2 is 2.35 bits per heavy atom. The number of nitro benzene ring substituents is 1. The molecule has 1 saturated heterocycles. The normalized spacial score (nSPS) is 21.7. The van der Waals surface area contributed by atoms with E-state index in [1.54, 1.807) is 6.07 Å². The Hall–Kier alpha value is -1.47. The third-order valence-electron chi connectivity index (χ3n) is 3.81. The molecule has 108 valence electrons. The second-order valence-electron chi connectivity index (χ2n) is 4.94. The summed E-state index contributed by atoms with van der Waals surface area (Å²) in [4.78, 5) is 22.8. The molecule has 6 nitrogen and oxygen atoms in total. The smallest absolute Gasteiger partial charge is 0.271 e. The zero-order valence-electron chi connectivity index (χ0n) is 11.1. The lowest BCUT2D eigenvalue weighted by Gasteiger charge is -2.25. The number of anilines is 1. The van der Waals surface area contributed by atoms with Crippen molar-refractivity contribution in [2.75, 3.05) is 18.4 Å². The summed E-state index contributed by atoms with van der Waals surface area (Å²) in [5.41, 5.74) is -0.0353. The van der Waals surface area contributed by atoms with Crippen molar-refractivity contribution in [3.63, 3.8) is 0 Å². The molecule has 0 saturated carbocycles. The minimum atomic E-state index is -0.477. The number of halogens is 1. The first-order chi connectivity index (χ1) is 9.48. The zero-order chi connectivity index (χ0) is 14.8. The lowest BCUT2D eigenvalue weighted by molar-refractivity contribution is -0.384. The third-order valence-corrected chi connectivity index (χ3v) is 4.50. The number of non-ortho nitro benzene ring substituents is 1. The fourth-order valence-corrected chi connectivity index (χ4v) is 2.72. The van der Waals surface area contributed by atoms with Gasteiger partial charge in [0.15, 0.2) is 0 Å². The van der Waals surface area contributed by atoms with E-state index in [2.05, 4.69) is 26.6 Å². The average molecular weight is 342 g/mol. The summed E-state index contributed by atoms with van der Waals surface area (Å²) >= 11 is 3.30. The summed E-state index contributed by atoms with van der Waals surface area (Å²) in [5.74, 6) is -0.0915. The average Bonchev–Trinajstić information content (AvgIpc) is 2.91. The van der Waals surface area contributed by atoms with Gasteiger partial charge in [-0.25, -0.2) is 0 Å². The number of rotatable bonds is 4. The molecular formula is C13H16BrN3O3. The molecule has 1 aliphatic heterocycles. The Bertz CT molecular complexity index is 542. The first kappa shape index (κ1) is 14.9. The molecule has 1 fully saturated rings. The van der Waals surface area contributed by atoms with Crippen molar-refractivity contribution in [1.82, 2.24) is 5.32 Å². The van der Waals surface area contributed by atoms with Gasteiger partial charge in [0.2, 0.25) is 5.91 Å². The summed E-state index contributed by atoms with van der Waals surface area (Å²) in [6.45, 7) is 3.44. The van der Waals surface area contributed by atoms with Crippen LogP contribution in [-0.4, -0.2) is 23.9 Å². The molecule has 1 aromatic rings. The van der Waals surface area contributed by atoms with Gasteiger partial charge in [-0.2, -0.15) is 0 Å². The van der Waals surface area contributed by atoms with Gasteiger partial charge in [-0.15, -0.1) is 0 Å². The van der Waals surface area contributed by atoms with E-state index < -0.39 is 10.3 Å². The molecule has 2 N–H and O–H groups in total. The molecule has 1 aromatic carbocycles. The maximum atomic E-state index is 12.5. The van der Waals surface area contributed by atoms with Gasteiger partial charge < -0.3 is 10.6 Å². The van der Waals surface area contributed by atoms with Crippen molar-refractivity contribution < 1.29 is 9.72 Å². The fourth-order valence-electron chi connectivity index (χ4n) is 2.38. The number of nitrogens with one attached hydrogen (secondary N) is 2. The van der Waals surface area contributed by atoms with E-state index in [1.165, 1.54) is 12.1 Å². The van der Waals surface area contributed by atoms with Crippen molar-refractivity contribution >= 4 is 33.2 Å². The molecule has 0 radical (unpaired) electrons. The largest absolute Gasteiger partial charge is 0.324 e. The van der Waals surface area contributed by atoms with Crippen LogP contribution in [0.2, 0.25) is 0 Å². The molecule has 0 bridgehead atoms. The van der Waals surface area contributed by atoms with Gasteiger partial charge in [-0.3, -0.25) is 14.9 Å². The Kier molecular flexibility index (Phi) is 4.39. The van der Waals surface area contributed by atoms with Gasteiger partial charge in [-0.05, 0) is 41.4 Å². The van der Waals surface area contributed by atoms with Crippen molar-refractivity contribution in [3.8, 4) is 0 Å². The minimum absolute atomic E-state index is 0.0430. The molecule has 1 heterocycles. The van der Waals surface area contributed by atoms with Crippen LogP contribution in [0.1, 0.15) is 19.8 Å². The van der Waals surface area contributed by atoms with Gasteiger partial charge in [0.25, 0.3) is 5.69 Å². The van der Waals surface area contributed by atoms with Crippen LogP contribution in [0.15, 0.2) is 22.7 Å². The Labute approximate surface area is 125 Å². The van der Waals surface area contributed by atoms with E-state index in [0.29, 0.717) is 16.7 Å². The molecule has 20 heavy (non-hydrogen) atoms. The van der Waals surface area contributed by atoms with E-state index >= 15 is 0 Å². The van der Waals surface area contributed by atoms with Crippen molar-refractivity contribution in [2.24, 2.45) is 5.41 Å². The van der Waals surface area contributed by atoms with Gasteiger partial charge in [0.1, 0.15) is 0 Å². The van der Waals surface area contributed by atoms with E-state index in [0.717, 1.165) is 19.4 Å². The van der Waals surface area contributed by atoms with E-state index in [4.69, 9.17) is 0 Å². The van der Waals surface area contributed by atoms with Crippen LogP contribution in [-0.2, 0) is 4.79 Å². The van der Waals surface area contributed by atoms with Crippen LogP contribution in [0, 0.1) is 15.5 Å². The van der Waals surface area contributed by atoms with Gasteiger partial charge in [0.05, 0.1) is 16.0 Å². The quantitative estimate of drug-likeness (QED) is 0.651. The maximum Gasteiger partial charge on any atom is 0.271 e. The van der Waals surface area contributed by atoms with Crippen LogP contribution < -0.4 is 10.6 Å². The van der Waals surface area contributed by atoms with E-state index in [1.807, 2.05) is 6.92 Å². The predicted octanol–water partition coefficient (Wildman–Crippen LogP) is 2.69. The van der Waals surface area contributed by atoms with Gasteiger partial charge in [0, 0.05) is 23.2 Å². The number of amides is 1. The third kappa shape index (κ3) is 2.83. The first-order valence-corrected chi connectivity index (χ1v) is 7.24. The Balaban J connectivity index is 2.23. The van der Waals surface area contributed by atoms with Crippen LogP contribution in [0.4, 0.5) is 11.4 Å². The van der Waals surface area contributed by atoms with Crippen molar-refractivity contribution in [1.29, 1.82) is 0 Å². The summed E-state index contributed by atoms with van der Waals surface area (Å²) in [5, 5.41) is 16.8. The predicted molar refractivity (Wildman–Crippen MR) is 79.6 cm³/mol. The highest BCUT2D eigenvalue weighted by molar-refractivity contribution is 9.10. The SMILES string of the molecule is CCC1(C(=O)Nc2cc([N+](=O)[O-])ccc2Br)CCNC1. The number of benzene rings is 1. The zero-order valence-corrected chi connectivity index (χ0v) is 12.7. The van der Waals surface area contributed by atoms with Crippen LogP contribution in [0.5, 0.6) is 0 Å². The monoisotopic (exact) mass is 341 g/mol. The van der Waals surface area contributed by atoms with Crippen molar-refractivity contribution in [3.05, 3.63) is 32.8 Å². The van der Waals surface area contributed by atoms with Crippen molar-refractivity contribution in [2.45, 2.75) is 19.8 Å². The molecule has 2 rings (SSSR count). The number of hydrogen-bond acceptors (Lipinski definition) is 4. The van der Waals surface area contributed by atoms with E-state index in [9.17, 15) is 14.9 Å². The number of hydrogen-bond donors (Lipinski definition) is 2. The topological polar surface area (TPSA) is 84.3 Å². The number of nitro groups is 1. The molecule has 1 amide bonds. The number of carbonyl (C=O) groups excluding carboxylic acids is 1. The summed E-state index contributed by atoms with van der Waals surface area (Å²) < 4.78 is 0.633. The number of nitrogens with zero attached hydrogens (tertiary/aromatic N) is 1.